The van der Waals surface area contributed by atoms with Crippen LogP contribution in [0.25, 0.3) is 0 Å². The van der Waals surface area contributed by atoms with E-state index < -0.39 is 0 Å². The first kappa shape index (κ1) is 17.2. The summed E-state index contributed by atoms with van der Waals surface area (Å²) in [5.41, 5.74) is 0. The van der Waals surface area contributed by atoms with Crippen molar-refractivity contribution in [2.45, 2.75) is 53.2 Å². The Morgan fingerprint density at radius 3 is 2.82 bits per heavy atom. The number of nitrogens with zero attached hydrogens (tertiary/aromatic N) is 3. The summed E-state index contributed by atoms with van der Waals surface area (Å²) in [6.07, 6.45) is 1.91. The Morgan fingerprint density at radius 2 is 2.27 bits per heavy atom. The van der Waals surface area contributed by atoms with Gasteiger partial charge in [0.1, 0.15) is 5.01 Å². The van der Waals surface area contributed by atoms with Crippen molar-refractivity contribution in [3.8, 4) is 0 Å². The highest BCUT2D eigenvalue weighted by Crippen LogP contribution is 2.18. The molecule has 0 aromatic carbocycles. The predicted molar refractivity (Wildman–Crippen MR) is 94.5 cm³/mol. The number of likely N-dealkylation sites (tertiary alicyclic amines) is 1. The van der Waals surface area contributed by atoms with Gasteiger partial charge in [0.2, 0.25) is 0 Å². The third-order valence-corrected chi connectivity index (χ3v) is 4.98. The molecule has 0 amide bonds. The van der Waals surface area contributed by atoms with Crippen LogP contribution in [0.2, 0.25) is 0 Å². The normalized spacial score (nSPS) is 23.3. The first-order chi connectivity index (χ1) is 10.5. The Kier molecular flexibility index (Phi) is 6.20. The maximum absolute atomic E-state index is 4.69. The lowest BCUT2D eigenvalue weighted by molar-refractivity contribution is 0.265. The SMILES string of the molecule is CCNC(=NCc1ncc(C)s1)NC1CN(C(C)C)CC1C. The average Bonchev–Trinajstić information content (AvgIpc) is 3.03. The zero-order valence-corrected chi connectivity index (χ0v) is 15.2. The summed E-state index contributed by atoms with van der Waals surface area (Å²) in [5.74, 6) is 1.53. The molecule has 1 aliphatic rings. The van der Waals surface area contributed by atoms with Gasteiger partial charge in [-0.15, -0.1) is 11.3 Å². The van der Waals surface area contributed by atoms with E-state index in [0.717, 1.165) is 30.6 Å². The molecule has 2 rings (SSSR count). The molecule has 6 heteroatoms. The molecule has 1 saturated heterocycles. The largest absolute Gasteiger partial charge is 0.357 e. The van der Waals surface area contributed by atoms with E-state index in [0.29, 0.717) is 24.5 Å². The fourth-order valence-corrected chi connectivity index (χ4v) is 3.44. The third-order valence-electron chi connectivity index (χ3n) is 4.08. The van der Waals surface area contributed by atoms with Crippen LogP contribution in [-0.2, 0) is 6.54 Å². The second-order valence-corrected chi connectivity index (χ2v) is 7.65. The minimum atomic E-state index is 0.457. The summed E-state index contributed by atoms with van der Waals surface area (Å²) in [5, 5.41) is 8.02. The minimum absolute atomic E-state index is 0.457. The van der Waals surface area contributed by atoms with Gasteiger partial charge in [0.25, 0.3) is 0 Å². The summed E-state index contributed by atoms with van der Waals surface area (Å²) >= 11 is 1.71. The number of thiazole rings is 1. The molecule has 2 N–H and O–H groups in total. The van der Waals surface area contributed by atoms with E-state index in [1.807, 2.05) is 6.20 Å². The Labute approximate surface area is 138 Å². The molecular formula is C16H29N5S. The van der Waals surface area contributed by atoms with Crippen molar-refractivity contribution in [1.82, 2.24) is 20.5 Å². The predicted octanol–water partition coefficient (Wildman–Crippen LogP) is 2.24. The first-order valence-corrected chi connectivity index (χ1v) is 9.01. The molecule has 2 atom stereocenters. The molecule has 2 heterocycles. The maximum atomic E-state index is 4.69. The molecule has 124 valence electrons. The van der Waals surface area contributed by atoms with Crippen LogP contribution in [0.5, 0.6) is 0 Å². The summed E-state index contributed by atoms with van der Waals surface area (Å²) in [6, 6.07) is 1.06. The van der Waals surface area contributed by atoms with Gasteiger partial charge in [-0.2, -0.15) is 0 Å². The van der Waals surface area contributed by atoms with Crippen LogP contribution >= 0.6 is 11.3 Å². The summed E-state index contributed by atoms with van der Waals surface area (Å²) in [6.45, 7) is 14.8. The fraction of sp³-hybridized carbons (Fsp3) is 0.750. The molecular weight excluding hydrogens is 294 g/mol. The Bertz CT molecular complexity index is 496. The Morgan fingerprint density at radius 1 is 1.50 bits per heavy atom. The van der Waals surface area contributed by atoms with Gasteiger partial charge in [-0.25, -0.2) is 9.98 Å². The van der Waals surface area contributed by atoms with Gasteiger partial charge in [0, 0.05) is 42.8 Å². The van der Waals surface area contributed by atoms with E-state index in [2.05, 4.69) is 60.1 Å². The van der Waals surface area contributed by atoms with Gasteiger partial charge >= 0.3 is 0 Å². The number of hydrogen-bond acceptors (Lipinski definition) is 4. The topological polar surface area (TPSA) is 52.6 Å². The van der Waals surface area contributed by atoms with Crippen LogP contribution in [0.1, 0.15) is 37.6 Å². The van der Waals surface area contributed by atoms with Crippen LogP contribution in [0.3, 0.4) is 0 Å². The van der Waals surface area contributed by atoms with Crippen LogP contribution in [-0.4, -0.2) is 47.6 Å². The highest BCUT2D eigenvalue weighted by Gasteiger charge is 2.31. The van der Waals surface area contributed by atoms with Crippen LogP contribution in [0.4, 0.5) is 0 Å². The second kappa shape index (κ2) is 7.92. The molecule has 1 aliphatic heterocycles. The van der Waals surface area contributed by atoms with Crippen molar-refractivity contribution in [3.63, 3.8) is 0 Å². The lowest BCUT2D eigenvalue weighted by Crippen LogP contribution is -2.46. The van der Waals surface area contributed by atoms with Gasteiger partial charge in [-0.3, -0.25) is 4.90 Å². The smallest absolute Gasteiger partial charge is 0.191 e. The maximum Gasteiger partial charge on any atom is 0.191 e. The van der Waals surface area contributed by atoms with E-state index in [1.165, 1.54) is 4.88 Å². The monoisotopic (exact) mass is 323 g/mol. The lowest BCUT2D eigenvalue weighted by atomic mass is 10.1. The highest BCUT2D eigenvalue weighted by molar-refractivity contribution is 7.11. The molecule has 0 radical (unpaired) electrons. The molecule has 0 saturated carbocycles. The van der Waals surface area contributed by atoms with Gasteiger partial charge in [-0.05, 0) is 33.6 Å². The number of rotatable bonds is 5. The molecule has 0 bridgehead atoms. The zero-order valence-electron chi connectivity index (χ0n) is 14.4. The van der Waals surface area contributed by atoms with Crippen LogP contribution < -0.4 is 10.6 Å². The van der Waals surface area contributed by atoms with Crippen molar-refractivity contribution in [2.75, 3.05) is 19.6 Å². The van der Waals surface area contributed by atoms with Crippen molar-refractivity contribution in [2.24, 2.45) is 10.9 Å². The van der Waals surface area contributed by atoms with Gasteiger partial charge in [-0.1, -0.05) is 6.92 Å². The lowest BCUT2D eigenvalue weighted by Gasteiger charge is -2.21. The minimum Gasteiger partial charge on any atom is -0.357 e. The number of aromatic nitrogens is 1. The standard InChI is InChI=1S/C16H29N5S/c1-6-17-16(19-8-15-18-7-13(5)22-15)20-14-10-21(11(2)3)9-12(14)4/h7,11-12,14H,6,8-10H2,1-5H3,(H2,17,19,20). The second-order valence-electron chi connectivity index (χ2n) is 6.34. The van der Waals surface area contributed by atoms with E-state index in [9.17, 15) is 0 Å². The highest BCUT2D eigenvalue weighted by atomic mass is 32.1. The van der Waals surface area contributed by atoms with Gasteiger partial charge < -0.3 is 10.6 Å². The molecule has 22 heavy (non-hydrogen) atoms. The van der Waals surface area contributed by atoms with Crippen LogP contribution in [0, 0.1) is 12.8 Å². The molecule has 5 nitrogen and oxygen atoms in total. The molecule has 1 aromatic rings. The summed E-state index contributed by atoms with van der Waals surface area (Å²) in [7, 11) is 0. The molecule has 0 spiro atoms. The number of guanidine groups is 1. The first-order valence-electron chi connectivity index (χ1n) is 8.19. The van der Waals surface area contributed by atoms with Crippen LogP contribution in [0.15, 0.2) is 11.2 Å². The van der Waals surface area contributed by atoms with E-state index in [1.54, 1.807) is 11.3 Å². The zero-order chi connectivity index (χ0) is 16.1. The van der Waals surface area contributed by atoms with E-state index >= 15 is 0 Å². The number of hydrogen-bond donors (Lipinski definition) is 2. The van der Waals surface area contributed by atoms with Gasteiger partial charge in [0.15, 0.2) is 5.96 Å². The average molecular weight is 324 g/mol. The van der Waals surface area contributed by atoms with Crippen molar-refractivity contribution < 1.29 is 0 Å². The van der Waals surface area contributed by atoms with E-state index in [-0.39, 0.29) is 0 Å². The third kappa shape index (κ3) is 4.68. The summed E-state index contributed by atoms with van der Waals surface area (Å²) in [4.78, 5) is 12.8. The number of aliphatic imine (C=N–C) groups is 1. The van der Waals surface area contributed by atoms with Crippen molar-refractivity contribution in [1.29, 1.82) is 0 Å². The number of aryl methyl sites for hydroxylation is 1. The summed E-state index contributed by atoms with van der Waals surface area (Å²) < 4.78 is 0. The fourth-order valence-electron chi connectivity index (χ4n) is 2.73. The molecule has 0 aliphatic carbocycles. The molecule has 1 aromatic heterocycles. The Hall–Kier alpha value is -1.14. The quantitative estimate of drug-likeness (QED) is 0.644. The van der Waals surface area contributed by atoms with E-state index in [4.69, 9.17) is 0 Å². The Balaban J connectivity index is 1.96. The molecule has 1 fully saturated rings. The van der Waals surface area contributed by atoms with Crippen molar-refractivity contribution in [3.05, 3.63) is 16.1 Å². The van der Waals surface area contributed by atoms with Crippen molar-refractivity contribution >= 4 is 17.3 Å². The molecule has 2 unspecified atom stereocenters. The van der Waals surface area contributed by atoms with Gasteiger partial charge in [0.05, 0.1) is 6.54 Å². The number of nitrogens with one attached hydrogen (secondary N) is 2.